The van der Waals surface area contributed by atoms with E-state index in [1.165, 1.54) is 24.3 Å². The first-order valence-corrected chi connectivity index (χ1v) is 7.15. The quantitative estimate of drug-likeness (QED) is 0.906. The van der Waals surface area contributed by atoms with Crippen LogP contribution >= 0.6 is 0 Å². The lowest BCUT2D eigenvalue weighted by atomic mass is 10.2. The molecular weight excluding hydrogens is 294 g/mol. The number of halogens is 2. The van der Waals surface area contributed by atoms with Gasteiger partial charge in [-0.3, -0.25) is 9.69 Å². The predicted octanol–water partition coefficient (Wildman–Crippen LogP) is 2.34. The largest absolute Gasteiger partial charge is 0.435 e. The Morgan fingerprint density at radius 2 is 1.91 bits per heavy atom. The standard InChI is InChI=1S/C15H20F2N2O3/c1-10-7-19(8-11(2)21-10)9-14(20)18-12-3-5-13(6-4-12)22-15(16)17/h3-6,10-11,15H,7-9H2,1-2H3,(H,18,20)/t10-,11+. The predicted molar refractivity (Wildman–Crippen MR) is 78.2 cm³/mol. The van der Waals surface area contributed by atoms with E-state index in [0.717, 1.165) is 0 Å². The van der Waals surface area contributed by atoms with Crippen LogP contribution in [-0.2, 0) is 9.53 Å². The second-order valence-electron chi connectivity index (χ2n) is 5.40. The van der Waals surface area contributed by atoms with E-state index < -0.39 is 6.61 Å². The number of ether oxygens (including phenoxy) is 2. The number of rotatable bonds is 5. The minimum absolute atomic E-state index is 0.0591. The van der Waals surface area contributed by atoms with Crippen LogP contribution in [0.5, 0.6) is 5.75 Å². The van der Waals surface area contributed by atoms with Gasteiger partial charge in [0.2, 0.25) is 5.91 Å². The first-order chi connectivity index (χ1) is 10.4. The van der Waals surface area contributed by atoms with Crippen molar-refractivity contribution in [2.24, 2.45) is 0 Å². The summed E-state index contributed by atoms with van der Waals surface area (Å²) >= 11 is 0. The molecule has 1 amide bonds. The Morgan fingerprint density at radius 1 is 1.32 bits per heavy atom. The lowest BCUT2D eigenvalue weighted by Crippen LogP contribution is -2.48. The van der Waals surface area contributed by atoms with Crippen LogP contribution in [0.3, 0.4) is 0 Å². The maximum absolute atomic E-state index is 12.0. The fourth-order valence-corrected chi connectivity index (χ4v) is 2.54. The zero-order valence-electron chi connectivity index (χ0n) is 12.6. The number of anilines is 1. The zero-order chi connectivity index (χ0) is 16.1. The normalized spacial score (nSPS) is 22.6. The number of hydrogen-bond donors (Lipinski definition) is 1. The van der Waals surface area contributed by atoms with Crippen LogP contribution in [0.15, 0.2) is 24.3 Å². The van der Waals surface area contributed by atoms with Gasteiger partial charge in [-0.05, 0) is 38.1 Å². The van der Waals surface area contributed by atoms with Crippen LogP contribution in [0.1, 0.15) is 13.8 Å². The summed E-state index contributed by atoms with van der Waals surface area (Å²) < 4.78 is 34.0. The zero-order valence-corrected chi connectivity index (χ0v) is 12.6. The number of amides is 1. The molecule has 7 heteroatoms. The van der Waals surface area contributed by atoms with Crippen molar-refractivity contribution in [1.29, 1.82) is 0 Å². The molecule has 1 aromatic rings. The third-order valence-electron chi connectivity index (χ3n) is 3.23. The van der Waals surface area contributed by atoms with Gasteiger partial charge in [0.15, 0.2) is 0 Å². The molecule has 0 spiro atoms. The molecule has 0 unspecified atom stereocenters. The molecule has 0 radical (unpaired) electrons. The van der Waals surface area contributed by atoms with E-state index in [2.05, 4.69) is 10.1 Å². The molecule has 122 valence electrons. The Bertz CT molecular complexity index is 486. The number of morpholine rings is 1. The van der Waals surface area contributed by atoms with Crippen LogP contribution in [0.2, 0.25) is 0 Å². The molecule has 1 heterocycles. The number of carbonyl (C=O) groups excluding carboxylic acids is 1. The van der Waals surface area contributed by atoms with Gasteiger partial charge in [-0.25, -0.2) is 0 Å². The van der Waals surface area contributed by atoms with Gasteiger partial charge in [0.05, 0.1) is 18.8 Å². The maximum atomic E-state index is 12.0. The van der Waals surface area contributed by atoms with Gasteiger partial charge in [-0.1, -0.05) is 0 Å². The molecule has 1 fully saturated rings. The number of alkyl halides is 2. The smallest absolute Gasteiger partial charge is 0.387 e. The molecule has 1 aliphatic heterocycles. The number of benzene rings is 1. The SMILES string of the molecule is C[C@@H]1CN(CC(=O)Nc2ccc(OC(F)F)cc2)C[C@H](C)O1. The van der Waals surface area contributed by atoms with E-state index in [1.54, 1.807) is 0 Å². The lowest BCUT2D eigenvalue weighted by molar-refractivity contribution is -0.121. The van der Waals surface area contributed by atoms with E-state index in [9.17, 15) is 13.6 Å². The topological polar surface area (TPSA) is 50.8 Å². The molecule has 0 bridgehead atoms. The average Bonchev–Trinajstić information content (AvgIpc) is 2.39. The monoisotopic (exact) mass is 314 g/mol. The highest BCUT2D eigenvalue weighted by molar-refractivity contribution is 5.92. The van der Waals surface area contributed by atoms with Gasteiger partial charge in [-0.2, -0.15) is 8.78 Å². The van der Waals surface area contributed by atoms with Gasteiger partial charge in [0.25, 0.3) is 0 Å². The summed E-state index contributed by atoms with van der Waals surface area (Å²) in [5, 5.41) is 2.73. The number of hydrogen-bond acceptors (Lipinski definition) is 4. The van der Waals surface area contributed by atoms with Gasteiger partial charge in [-0.15, -0.1) is 0 Å². The summed E-state index contributed by atoms with van der Waals surface area (Å²) in [5.41, 5.74) is 0.543. The number of nitrogens with zero attached hydrogens (tertiary/aromatic N) is 1. The second-order valence-corrected chi connectivity index (χ2v) is 5.40. The van der Waals surface area contributed by atoms with E-state index >= 15 is 0 Å². The van der Waals surface area contributed by atoms with Gasteiger partial charge < -0.3 is 14.8 Å². The second kappa shape index (κ2) is 7.51. The highest BCUT2D eigenvalue weighted by atomic mass is 19.3. The highest BCUT2D eigenvalue weighted by Gasteiger charge is 2.23. The fraction of sp³-hybridized carbons (Fsp3) is 0.533. The Balaban J connectivity index is 1.84. The van der Waals surface area contributed by atoms with E-state index in [-0.39, 0.29) is 30.4 Å². The number of carbonyl (C=O) groups is 1. The molecule has 1 saturated heterocycles. The Hall–Kier alpha value is -1.73. The van der Waals surface area contributed by atoms with Gasteiger partial charge in [0.1, 0.15) is 5.75 Å². The van der Waals surface area contributed by atoms with Crippen molar-refractivity contribution < 1.29 is 23.0 Å². The Morgan fingerprint density at radius 3 is 2.45 bits per heavy atom. The van der Waals surface area contributed by atoms with Crippen molar-refractivity contribution in [2.45, 2.75) is 32.7 Å². The molecule has 5 nitrogen and oxygen atoms in total. The maximum Gasteiger partial charge on any atom is 0.387 e. The molecule has 0 aromatic heterocycles. The minimum Gasteiger partial charge on any atom is -0.435 e. The van der Waals surface area contributed by atoms with Gasteiger partial charge >= 0.3 is 6.61 Å². The Kier molecular flexibility index (Phi) is 5.68. The third-order valence-corrected chi connectivity index (χ3v) is 3.23. The highest BCUT2D eigenvalue weighted by Crippen LogP contribution is 2.18. The third kappa shape index (κ3) is 5.23. The minimum atomic E-state index is -2.86. The van der Waals surface area contributed by atoms with E-state index in [4.69, 9.17) is 4.74 Å². The van der Waals surface area contributed by atoms with Crippen molar-refractivity contribution in [3.8, 4) is 5.75 Å². The first kappa shape index (κ1) is 16.6. The Labute approximate surface area is 128 Å². The summed E-state index contributed by atoms with van der Waals surface area (Å²) in [4.78, 5) is 14.0. The van der Waals surface area contributed by atoms with E-state index in [0.29, 0.717) is 18.8 Å². The van der Waals surface area contributed by atoms with Crippen molar-refractivity contribution in [3.63, 3.8) is 0 Å². The van der Waals surface area contributed by atoms with E-state index in [1.807, 2.05) is 18.7 Å². The fourth-order valence-electron chi connectivity index (χ4n) is 2.54. The van der Waals surface area contributed by atoms with Crippen LogP contribution in [-0.4, -0.2) is 49.3 Å². The van der Waals surface area contributed by atoms with Crippen LogP contribution in [0.4, 0.5) is 14.5 Å². The average molecular weight is 314 g/mol. The van der Waals surface area contributed by atoms with Crippen LogP contribution in [0.25, 0.3) is 0 Å². The molecule has 2 atom stereocenters. The summed E-state index contributed by atoms with van der Waals surface area (Å²) in [6, 6.07) is 5.83. The lowest BCUT2D eigenvalue weighted by Gasteiger charge is -2.34. The number of nitrogens with one attached hydrogen (secondary N) is 1. The van der Waals surface area contributed by atoms with Crippen LogP contribution < -0.4 is 10.1 Å². The molecule has 22 heavy (non-hydrogen) atoms. The van der Waals surface area contributed by atoms with Crippen molar-refractivity contribution in [3.05, 3.63) is 24.3 Å². The summed E-state index contributed by atoms with van der Waals surface area (Å²) in [6.07, 6.45) is 0.199. The summed E-state index contributed by atoms with van der Waals surface area (Å²) in [6.45, 7) is 2.78. The summed E-state index contributed by atoms with van der Waals surface area (Å²) in [7, 11) is 0. The molecule has 2 rings (SSSR count). The molecule has 0 saturated carbocycles. The molecule has 1 N–H and O–H groups in total. The van der Waals surface area contributed by atoms with Gasteiger partial charge in [0, 0.05) is 18.8 Å². The molecule has 1 aromatic carbocycles. The van der Waals surface area contributed by atoms with Crippen molar-refractivity contribution in [2.75, 3.05) is 25.0 Å². The van der Waals surface area contributed by atoms with Crippen molar-refractivity contribution >= 4 is 11.6 Å². The first-order valence-electron chi connectivity index (χ1n) is 7.15. The molecule has 0 aliphatic carbocycles. The van der Waals surface area contributed by atoms with Crippen molar-refractivity contribution in [1.82, 2.24) is 4.90 Å². The summed E-state index contributed by atoms with van der Waals surface area (Å²) in [5.74, 6) is -0.0901. The molecule has 1 aliphatic rings. The molecular formula is C15H20F2N2O3. The van der Waals surface area contributed by atoms with Crippen LogP contribution in [0, 0.1) is 0 Å².